The SMILES string of the molecule is CC(C)[C@H](NC(=O)c1c(F)cccc1F)C(=O)NC1CCN(Cc2cccc(C(F)(F)F)c2)CC1. The van der Waals surface area contributed by atoms with Gasteiger partial charge in [-0.15, -0.1) is 0 Å². The highest BCUT2D eigenvalue weighted by atomic mass is 19.4. The summed E-state index contributed by atoms with van der Waals surface area (Å²) in [5, 5.41) is 5.31. The molecule has 0 radical (unpaired) electrons. The Morgan fingerprint density at radius 1 is 1.03 bits per heavy atom. The van der Waals surface area contributed by atoms with E-state index in [9.17, 15) is 31.5 Å². The van der Waals surface area contributed by atoms with Gasteiger partial charge in [-0.3, -0.25) is 14.5 Å². The number of benzene rings is 2. The summed E-state index contributed by atoms with van der Waals surface area (Å²) in [7, 11) is 0. The van der Waals surface area contributed by atoms with E-state index in [4.69, 9.17) is 0 Å². The van der Waals surface area contributed by atoms with Crippen LogP contribution in [0.4, 0.5) is 22.0 Å². The monoisotopic (exact) mass is 497 g/mol. The minimum Gasteiger partial charge on any atom is -0.351 e. The topological polar surface area (TPSA) is 61.4 Å². The Hall–Kier alpha value is -3.01. The molecule has 10 heteroatoms. The molecule has 0 aromatic heterocycles. The van der Waals surface area contributed by atoms with Gasteiger partial charge in [0.1, 0.15) is 23.2 Å². The molecule has 1 aliphatic rings. The van der Waals surface area contributed by atoms with Crippen molar-refractivity contribution in [2.24, 2.45) is 5.92 Å². The summed E-state index contributed by atoms with van der Waals surface area (Å²) in [6, 6.07) is 7.11. The van der Waals surface area contributed by atoms with E-state index in [-0.39, 0.29) is 12.0 Å². The fraction of sp³-hybridized carbons (Fsp3) is 0.440. The van der Waals surface area contributed by atoms with Gasteiger partial charge in [-0.1, -0.05) is 38.1 Å². The van der Waals surface area contributed by atoms with Gasteiger partial charge in [0.05, 0.1) is 5.56 Å². The molecular weight excluding hydrogens is 469 g/mol. The molecule has 1 saturated heterocycles. The standard InChI is InChI=1S/C25H28F5N3O2/c1-15(2)22(32-23(34)21-19(26)7-4-8-20(21)27)24(35)31-18-9-11-33(12-10-18)14-16-5-3-6-17(13-16)25(28,29)30/h3-8,13,15,18,22H,9-12,14H2,1-2H3,(H,31,35)(H,32,34)/t22-/m0/s1. The molecule has 2 aromatic carbocycles. The van der Waals surface area contributed by atoms with Crippen LogP contribution in [0.25, 0.3) is 0 Å². The highest BCUT2D eigenvalue weighted by Gasteiger charge is 2.31. The first-order valence-corrected chi connectivity index (χ1v) is 11.4. The molecule has 2 aromatic rings. The Morgan fingerprint density at radius 2 is 1.63 bits per heavy atom. The number of piperidine rings is 1. The maximum absolute atomic E-state index is 13.9. The third-order valence-electron chi connectivity index (χ3n) is 6.02. The van der Waals surface area contributed by atoms with Gasteiger partial charge >= 0.3 is 6.18 Å². The quantitative estimate of drug-likeness (QED) is 0.553. The average molecular weight is 498 g/mol. The lowest BCUT2D eigenvalue weighted by atomic mass is 9.99. The maximum atomic E-state index is 13.9. The lowest BCUT2D eigenvalue weighted by Gasteiger charge is -2.33. The number of alkyl halides is 3. The van der Waals surface area contributed by atoms with E-state index in [2.05, 4.69) is 10.6 Å². The summed E-state index contributed by atoms with van der Waals surface area (Å²) >= 11 is 0. The third kappa shape index (κ3) is 7.00. The zero-order valence-corrected chi connectivity index (χ0v) is 19.5. The number of carbonyl (C=O) groups excluding carboxylic acids is 2. The second-order valence-electron chi connectivity index (χ2n) is 9.05. The molecule has 0 saturated carbocycles. The van der Waals surface area contributed by atoms with Gasteiger partial charge in [0.2, 0.25) is 5.91 Å². The lowest BCUT2D eigenvalue weighted by Crippen LogP contribution is -2.54. The molecule has 3 rings (SSSR count). The Morgan fingerprint density at radius 3 is 2.20 bits per heavy atom. The molecule has 1 heterocycles. The summed E-state index contributed by atoms with van der Waals surface area (Å²) < 4.78 is 66.7. The van der Waals surface area contributed by atoms with Gasteiger partial charge in [-0.2, -0.15) is 13.2 Å². The smallest absolute Gasteiger partial charge is 0.351 e. The summed E-state index contributed by atoms with van der Waals surface area (Å²) in [5.41, 5.74) is -0.867. The number of nitrogens with zero attached hydrogens (tertiary/aromatic N) is 1. The van der Waals surface area contributed by atoms with Gasteiger partial charge < -0.3 is 10.6 Å². The molecule has 5 nitrogen and oxygen atoms in total. The van der Waals surface area contributed by atoms with Crippen LogP contribution in [0.2, 0.25) is 0 Å². The summed E-state index contributed by atoms with van der Waals surface area (Å²) in [5.74, 6) is -3.83. The van der Waals surface area contributed by atoms with Gasteiger partial charge in [-0.25, -0.2) is 8.78 Å². The highest BCUT2D eigenvalue weighted by Crippen LogP contribution is 2.30. The largest absolute Gasteiger partial charge is 0.416 e. The van der Waals surface area contributed by atoms with E-state index in [1.165, 1.54) is 6.07 Å². The fourth-order valence-electron chi connectivity index (χ4n) is 4.09. The first kappa shape index (κ1) is 26.6. The van der Waals surface area contributed by atoms with Gasteiger partial charge in [0.15, 0.2) is 0 Å². The number of hydrogen-bond donors (Lipinski definition) is 2. The van der Waals surface area contributed by atoms with Crippen molar-refractivity contribution in [3.63, 3.8) is 0 Å². The van der Waals surface area contributed by atoms with E-state index in [0.717, 1.165) is 30.3 Å². The summed E-state index contributed by atoms with van der Waals surface area (Å²) in [4.78, 5) is 27.3. The third-order valence-corrected chi connectivity index (χ3v) is 6.02. The van der Waals surface area contributed by atoms with Gasteiger partial charge in [0, 0.05) is 25.7 Å². The average Bonchev–Trinajstić information content (AvgIpc) is 2.78. The second-order valence-corrected chi connectivity index (χ2v) is 9.05. The molecule has 0 aliphatic carbocycles. The van der Waals surface area contributed by atoms with Crippen LogP contribution in [0.15, 0.2) is 42.5 Å². The van der Waals surface area contributed by atoms with Gasteiger partial charge in [0.25, 0.3) is 5.91 Å². The van der Waals surface area contributed by atoms with Crippen molar-refractivity contribution in [2.75, 3.05) is 13.1 Å². The first-order valence-electron chi connectivity index (χ1n) is 11.4. The van der Waals surface area contributed by atoms with Crippen molar-refractivity contribution in [1.82, 2.24) is 15.5 Å². The molecule has 0 spiro atoms. The molecule has 2 N–H and O–H groups in total. The normalized spacial score (nSPS) is 16.2. The van der Waals surface area contributed by atoms with Crippen molar-refractivity contribution in [3.05, 3.63) is 70.8 Å². The molecule has 1 atom stereocenters. The molecule has 1 fully saturated rings. The number of rotatable bonds is 7. The van der Waals surface area contributed by atoms with Crippen molar-refractivity contribution in [1.29, 1.82) is 0 Å². The predicted molar refractivity (Wildman–Crippen MR) is 120 cm³/mol. The zero-order valence-electron chi connectivity index (χ0n) is 19.5. The molecule has 35 heavy (non-hydrogen) atoms. The molecule has 1 aliphatic heterocycles. The van der Waals surface area contributed by atoms with E-state index >= 15 is 0 Å². The minimum atomic E-state index is -4.40. The summed E-state index contributed by atoms with van der Waals surface area (Å²) in [6.07, 6.45) is -3.25. The molecule has 190 valence electrons. The van der Waals surface area contributed by atoms with Gasteiger partial charge in [-0.05, 0) is 42.5 Å². The maximum Gasteiger partial charge on any atom is 0.416 e. The molecule has 0 unspecified atom stereocenters. The number of likely N-dealkylation sites (tertiary alicyclic amines) is 1. The van der Waals surface area contributed by atoms with E-state index in [1.807, 2.05) is 4.90 Å². The summed E-state index contributed by atoms with van der Waals surface area (Å²) in [6.45, 7) is 4.92. The van der Waals surface area contributed by atoms with Crippen LogP contribution in [0.3, 0.4) is 0 Å². The van der Waals surface area contributed by atoms with Crippen molar-refractivity contribution >= 4 is 11.8 Å². The molecular formula is C25H28F5N3O2. The van der Waals surface area contributed by atoms with E-state index in [0.29, 0.717) is 38.0 Å². The number of amides is 2. The number of hydrogen-bond acceptors (Lipinski definition) is 3. The number of nitrogens with one attached hydrogen (secondary N) is 2. The minimum absolute atomic E-state index is 0.191. The van der Waals surface area contributed by atoms with Crippen LogP contribution in [0.1, 0.15) is 48.2 Å². The predicted octanol–water partition coefficient (Wildman–Crippen LogP) is 4.52. The highest BCUT2D eigenvalue weighted by molar-refractivity contribution is 5.98. The van der Waals surface area contributed by atoms with Crippen molar-refractivity contribution in [3.8, 4) is 0 Å². The fourth-order valence-corrected chi connectivity index (χ4v) is 4.09. The second kappa shape index (κ2) is 11.2. The Kier molecular flexibility index (Phi) is 8.47. The van der Waals surface area contributed by atoms with E-state index < -0.39 is 46.8 Å². The Balaban J connectivity index is 1.55. The van der Waals surface area contributed by atoms with Crippen LogP contribution in [-0.2, 0) is 17.5 Å². The van der Waals surface area contributed by atoms with Crippen LogP contribution < -0.4 is 10.6 Å². The Bertz CT molecular complexity index is 1030. The number of halogens is 5. The first-order chi connectivity index (χ1) is 16.5. The van der Waals surface area contributed by atoms with E-state index in [1.54, 1.807) is 19.9 Å². The van der Waals surface area contributed by atoms with Crippen molar-refractivity contribution in [2.45, 2.75) is 51.5 Å². The lowest BCUT2D eigenvalue weighted by molar-refractivity contribution is -0.137. The molecule has 2 amide bonds. The Labute approximate surface area is 200 Å². The van der Waals surface area contributed by atoms with Crippen LogP contribution in [0.5, 0.6) is 0 Å². The van der Waals surface area contributed by atoms with Crippen LogP contribution in [0, 0.1) is 17.6 Å². The zero-order chi connectivity index (χ0) is 25.8. The van der Waals surface area contributed by atoms with Crippen LogP contribution >= 0.6 is 0 Å². The molecule has 0 bridgehead atoms. The van der Waals surface area contributed by atoms with Crippen LogP contribution in [-0.4, -0.2) is 41.9 Å². The number of carbonyl (C=O) groups is 2. The van der Waals surface area contributed by atoms with Crippen molar-refractivity contribution < 1.29 is 31.5 Å².